The highest BCUT2D eigenvalue weighted by molar-refractivity contribution is 6.31. The van der Waals surface area contributed by atoms with Crippen LogP contribution in [0.1, 0.15) is 37.3 Å². The van der Waals surface area contributed by atoms with E-state index in [4.69, 9.17) is 26.2 Å². The largest absolute Gasteiger partial charge is 0.490 e. The number of benzene rings is 2. The smallest absolute Gasteiger partial charge is 0.161 e. The first-order valence-electron chi connectivity index (χ1n) is 9.28. The number of ether oxygens (including phenoxy) is 2. The van der Waals surface area contributed by atoms with Crippen molar-refractivity contribution in [1.82, 2.24) is 5.32 Å². The van der Waals surface area contributed by atoms with Crippen LogP contribution in [0.3, 0.4) is 0 Å². The molecule has 0 aliphatic heterocycles. The SMILES string of the molecule is CCOc1cc(CNCCCCCO)ccc1OCc1c(F)cccc1Cl. The quantitative estimate of drug-likeness (QED) is 0.511. The Kier molecular flexibility index (Phi) is 9.39. The van der Waals surface area contributed by atoms with Crippen LogP contribution in [0.15, 0.2) is 36.4 Å². The predicted octanol–water partition coefficient (Wildman–Crippen LogP) is 4.71. The fraction of sp³-hybridized carbons (Fsp3) is 0.429. The van der Waals surface area contributed by atoms with Crippen molar-refractivity contribution in [2.75, 3.05) is 19.8 Å². The molecule has 2 aromatic rings. The van der Waals surface area contributed by atoms with E-state index in [1.165, 1.54) is 6.07 Å². The number of aliphatic hydroxyl groups is 1. The van der Waals surface area contributed by atoms with Crippen molar-refractivity contribution in [1.29, 1.82) is 0 Å². The maximum atomic E-state index is 13.9. The molecule has 148 valence electrons. The molecule has 0 spiro atoms. The highest BCUT2D eigenvalue weighted by atomic mass is 35.5. The van der Waals surface area contributed by atoms with Crippen molar-refractivity contribution in [3.63, 3.8) is 0 Å². The molecule has 2 rings (SSSR count). The normalized spacial score (nSPS) is 10.8. The fourth-order valence-corrected chi connectivity index (χ4v) is 2.86. The van der Waals surface area contributed by atoms with Gasteiger partial charge < -0.3 is 19.9 Å². The van der Waals surface area contributed by atoms with E-state index < -0.39 is 0 Å². The molecule has 0 saturated heterocycles. The fourth-order valence-electron chi connectivity index (χ4n) is 2.64. The molecule has 4 nitrogen and oxygen atoms in total. The van der Waals surface area contributed by atoms with Gasteiger partial charge in [0.15, 0.2) is 11.5 Å². The van der Waals surface area contributed by atoms with Gasteiger partial charge in [-0.2, -0.15) is 0 Å². The first kappa shape index (κ1) is 21.5. The standard InChI is InChI=1S/C21H27ClFNO3/c1-2-26-21-13-16(14-24-11-4-3-5-12-25)9-10-20(21)27-15-17-18(22)7-6-8-19(17)23/h6-10,13,24-25H,2-5,11-12,14-15H2,1H3. The highest BCUT2D eigenvalue weighted by Crippen LogP contribution is 2.30. The van der Waals surface area contributed by atoms with E-state index >= 15 is 0 Å². The lowest BCUT2D eigenvalue weighted by atomic mass is 10.2. The van der Waals surface area contributed by atoms with Crippen molar-refractivity contribution in [2.45, 2.75) is 39.3 Å². The van der Waals surface area contributed by atoms with Crippen LogP contribution in [-0.2, 0) is 13.2 Å². The second-order valence-electron chi connectivity index (χ2n) is 6.16. The summed E-state index contributed by atoms with van der Waals surface area (Å²) in [5.74, 6) is 0.801. The Morgan fingerprint density at radius 2 is 1.93 bits per heavy atom. The third-order valence-electron chi connectivity index (χ3n) is 4.08. The minimum absolute atomic E-state index is 0.0357. The molecule has 0 aromatic heterocycles. The molecule has 0 unspecified atom stereocenters. The summed E-state index contributed by atoms with van der Waals surface area (Å²) in [4.78, 5) is 0. The van der Waals surface area contributed by atoms with Crippen molar-refractivity contribution >= 4 is 11.6 Å². The van der Waals surface area contributed by atoms with E-state index in [1.807, 2.05) is 25.1 Å². The molecular formula is C21H27ClFNO3. The van der Waals surface area contributed by atoms with Crippen LogP contribution in [-0.4, -0.2) is 24.9 Å². The van der Waals surface area contributed by atoms with Gasteiger partial charge in [0.2, 0.25) is 0 Å². The van der Waals surface area contributed by atoms with E-state index in [-0.39, 0.29) is 19.0 Å². The molecule has 0 amide bonds. The van der Waals surface area contributed by atoms with E-state index in [9.17, 15) is 4.39 Å². The molecule has 0 saturated carbocycles. The molecule has 0 fully saturated rings. The van der Waals surface area contributed by atoms with Crippen molar-refractivity contribution in [3.05, 3.63) is 58.4 Å². The molecule has 0 bridgehead atoms. The average Bonchev–Trinajstić information content (AvgIpc) is 2.66. The zero-order chi connectivity index (χ0) is 19.5. The predicted molar refractivity (Wildman–Crippen MR) is 106 cm³/mol. The van der Waals surface area contributed by atoms with Crippen molar-refractivity contribution in [2.24, 2.45) is 0 Å². The minimum Gasteiger partial charge on any atom is -0.490 e. The van der Waals surface area contributed by atoms with Crippen molar-refractivity contribution < 1.29 is 19.0 Å². The van der Waals surface area contributed by atoms with E-state index in [0.29, 0.717) is 28.7 Å². The van der Waals surface area contributed by atoms with Gasteiger partial charge in [0.25, 0.3) is 0 Å². The van der Waals surface area contributed by atoms with Crippen LogP contribution >= 0.6 is 11.6 Å². The minimum atomic E-state index is -0.387. The van der Waals surface area contributed by atoms with Crippen LogP contribution in [0.25, 0.3) is 0 Å². The lowest BCUT2D eigenvalue weighted by Gasteiger charge is -2.14. The second-order valence-corrected chi connectivity index (χ2v) is 6.57. The Balaban J connectivity index is 1.96. The summed E-state index contributed by atoms with van der Waals surface area (Å²) < 4.78 is 25.3. The van der Waals surface area contributed by atoms with E-state index in [0.717, 1.165) is 37.9 Å². The molecule has 0 aliphatic rings. The summed E-state index contributed by atoms with van der Waals surface area (Å²) in [5, 5.41) is 12.5. The number of unbranched alkanes of at least 4 members (excludes halogenated alkanes) is 2. The highest BCUT2D eigenvalue weighted by Gasteiger charge is 2.11. The van der Waals surface area contributed by atoms with Crippen LogP contribution in [0.4, 0.5) is 4.39 Å². The second kappa shape index (κ2) is 11.8. The molecule has 2 aromatic carbocycles. The maximum absolute atomic E-state index is 13.9. The van der Waals surface area contributed by atoms with E-state index in [2.05, 4.69) is 5.32 Å². The summed E-state index contributed by atoms with van der Waals surface area (Å²) in [6.07, 6.45) is 2.89. The van der Waals surface area contributed by atoms with Crippen LogP contribution in [0, 0.1) is 5.82 Å². The summed E-state index contributed by atoms with van der Waals surface area (Å²) in [6.45, 7) is 4.32. The Labute approximate surface area is 165 Å². The van der Waals surface area contributed by atoms with Gasteiger partial charge in [-0.15, -0.1) is 0 Å². The van der Waals surface area contributed by atoms with Crippen LogP contribution in [0.2, 0.25) is 5.02 Å². The van der Waals surface area contributed by atoms with Gasteiger partial charge in [0.05, 0.1) is 11.6 Å². The topological polar surface area (TPSA) is 50.7 Å². The Hall–Kier alpha value is -1.82. The van der Waals surface area contributed by atoms with E-state index in [1.54, 1.807) is 12.1 Å². The van der Waals surface area contributed by atoms with Crippen LogP contribution in [0.5, 0.6) is 11.5 Å². The van der Waals surface area contributed by atoms with Gasteiger partial charge in [-0.05, 0) is 62.6 Å². The molecular weight excluding hydrogens is 369 g/mol. The molecule has 0 aliphatic carbocycles. The molecule has 2 N–H and O–H groups in total. The molecule has 6 heteroatoms. The number of nitrogens with one attached hydrogen (secondary N) is 1. The average molecular weight is 396 g/mol. The number of aliphatic hydroxyl groups excluding tert-OH is 1. The number of hydrogen-bond acceptors (Lipinski definition) is 4. The molecule has 27 heavy (non-hydrogen) atoms. The molecule has 0 atom stereocenters. The summed E-state index contributed by atoms with van der Waals surface area (Å²) in [6, 6.07) is 10.3. The number of hydrogen-bond donors (Lipinski definition) is 2. The van der Waals surface area contributed by atoms with Crippen molar-refractivity contribution in [3.8, 4) is 11.5 Å². The summed E-state index contributed by atoms with van der Waals surface area (Å²) >= 11 is 6.05. The van der Waals surface area contributed by atoms with Gasteiger partial charge in [-0.3, -0.25) is 0 Å². The van der Waals surface area contributed by atoms with Gasteiger partial charge in [-0.1, -0.05) is 23.7 Å². The first-order valence-corrected chi connectivity index (χ1v) is 9.66. The monoisotopic (exact) mass is 395 g/mol. The Morgan fingerprint density at radius 3 is 2.67 bits per heavy atom. The number of halogens is 2. The number of rotatable bonds is 12. The molecule has 0 radical (unpaired) electrons. The lowest BCUT2D eigenvalue weighted by molar-refractivity contribution is 0.265. The van der Waals surface area contributed by atoms with Crippen LogP contribution < -0.4 is 14.8 Å². The Morgan fingerprint density at radius 1 is 1.07 bits per heavy atom. The summed E-state index contributed by atoms with van der Waals surface area (Å²) in [7, 11) is 0. The first-order chi connectivity index (χ1) is 13.2. The third-order valence-corrected chi connectivity index (χ3v) is 4.44. The lowest BCUT2D eigenvalue weighted by Crippen LogP contribution is -2.15. The Bertz CT molecular complexity index is 692. The maximum Gasteiger partial charge on any atom is 0.161 e. The molecule has 0 heterocycles. The zero-order valence-corrected chi connectivity index (χ0v) is 16.4. The van der Waals surface area contributed by atoms with Gasteiger partial charge in [0, 0.05) is 18.7 Å². The van der Waals surface area contributed by atoms with Gasteiger partial charge in [-0.25, -0.2) is 4.39 Å². The third kappa shape index (κ3) is 7.01. The van der Waals surface area contributed by atoms with Gasteiger partial charge in [0.1, 0.15) is 12.4 Å². The van der Waals surface area contributed by atoms with Gasteiger partial charge >= 0.3 is 0 Å². The zero-order valence-electron chi connectivity index (χ0n) is 15.6. The summed E-state index contributed by atoms with van der Waals surface area (Å²) in [5.41, 5.74) is 1.41.